The summed E-state index contributed by atoms with van der Waals surface area (Å²) >= 11 is 0. The van der Waals surface area contributed by atoms with Crippen molar-refractivity contribution in [1.29, 1.82) is 0 Å². The summed E-state index contributed by atoms with van der Waals surface area (Å²) in [4.78, 5) is 24.3. The third-order valence-corrected chi connectivity index (χ3v) is 4.73. The fourth-order valence-corrected chi connectivity index (χ4v) is 2.87. The van der Waals surface area contributed by atoms with Crippen LogP contribution in [0.2, 0.25) is 0 Å². The molecule has 1 unspecified atom stereocenters. The monoisotopic (exact) mass is 412 g/mol. The van der Waals surface area contributed by atoms with Gasteiger partial charge < -0.3 is 20.1 Å². The molecule has 2 N–H and O–H groups in total. The highest BCUT2D eigenvalue weighted by atomic mass is 16.5. The molecular weight excluding hydrogens is 380 g/mol. The van der Waals surface area contributed by atoms with Crippen LogP contribution in [0.5, 0.6) is 11.5 Å². The summed E-state index contributed by atoms with van der Waals surface area (Å²) in [5.74, 6) is 1.08. The maximum Gasteiger partial charge on any atom is 0.251 e. The largest absolute Gasteiger partial charge is 0.497 e. The van der Waals surface area contributed by atoms with Crippen LogP contribution < -0.4 is 20.1 Å². The summed E-state index contributed by atoms with van der Waals surface area (Å²) in [5, 5.41) is 5.58. The summed E-state index contributed by atoms with van der Waals surface area (Å²) in [6.07, 6.45) is 3.73. The first-order valence-electron chi connectivity index (χ1n) is 10.4. The maximum absolute atomic E-state index is 12.2. The molecule has 0 aliphatic rings. The molecule has 0 aromatic heterocycles. The van der Waals surface area contributed by atoms with Gasteiger partial charge in [-0.05, 0) is 68.1 Å². The molecule has 6 heteroatoms. The number of nitrogens with one attached hydrogen (secondary N) is 2. The minimum Gasteiger partial charge on any atom is -0.497 e. The van der Waals surface area contributed by atoms with Crippen molar-refractivity contribution in [3.8, 4) is 11.5 Å². The second-order valence-corrected chi connectivity index (χ2v) is 7.26. The zero-order valence-corrected chi connectivity index (χ0v) is 18.1. The van der Waals surface area contributed by atoms with Gasteiger partial charge in [0.1, 0.15) is 11.5 Å². The van der Waals surface area contributed by atoms with Crippen LogP contribution in [0.15, 0.2) is 48.5 Å². The zero-order valence-electron chi connectivity index (χ0n) is 18.1. The van der Waals surface area contributed by atoms with Gasteiger partial charge in [-0.2, -0.15) is 0 Å². The average molecular weight is 413 g/mol. The first-order valence-corrected chi connectivity index (χ1v) is 10.4. The van der Waals surface area contributed by atoms with E-state index in [0.717, 1.165) is 37.2 Å². The minimum atomic E-state index is -0.281. The lowest BCUT2D eigenvalue weighted by Gasteiger charge is -2.14. The average Bonchev–Trinajstić information content (AvgIpc) is 2.77. The van der Waals surface area contributed by atoms with E-state index in [4.69, 9.17) is 9.47 Å². The topological polar surface area (TPSA) is 76.7 Å². The highest BCUT2D eigenvalue weighted by Crippen LogP contribution is 2.14. The fraction of sp³-hybridized carbons (Fsp3) is 0.417. The molecule has 2 rings (SSSR count). The molecule has 162 valence electrons. The van der Waals surface area contributed by atoms with Gasteiger partial charge in [0, 0.05) is 11.6 Å². The van der Waals surface area contributed by atoms with Crippen LogP contribution in [-0.2, 0) is 11.2 Å². The second kappa shape index (κ2) is 12.5. The molecule has 0 saturated heterocycles. The van der Waals surface area contributed by atoms with Crippen LogP contribution in [-0.4, -0.2) is 38.1 Å². The molecule has 0 saturated carbocycles. The van der Waals surface area contributed by atoms with E-state index in [2.05, 4.69) is 17.6 Å². The van der Waals surface area contributed by atoms with E-state index < -0.39 is 0 Å². The number of hydrogen-bond acceptors (Lipinski definition) is 4. The van der Waals surface area contributed by atoms with E-state index in [1.54, 1.807) is 31.4 Å². The summed E-state index contributed by atoms with van der Waals surface area (Å²) in [6.45, 7) is 4.68. The molecule has 0 bridgehead atoms. The van der Waals surface area contributed by atoms with Crippen LogP contribution in [0.3, 0.4) is 0 Å². The zero-order chi connectivity index (χ0) is 21.8. The lowest BCUT2D eigenvalue weighted by Crippen LogP contribution is -2.41. The molecule has 2 aromatic carbocycles. The molecule has 2 aromatic rings. The van der Waals surface area contributed by atoms with Gasteiger partial charge in [-0.3, -0.25) is 9.59 Å². The van der Waals surface area contributed by atoms with Crippen LogP contribution >= 0.6 is 0 Å². The number of rotatable bonds is 12. The van der Waals surface area contributed by atoms with Crippen molar-refractivity contribution in [3.63, 3.8) is 0 Å². The Morgan fingerprint density at radius 2 is 1.67 bits per heavy atom. The van der Waals surface area contributed by atoms with Gasteiger partial charge in [-0.1, -0.05) is 25.5 Å². The van der Waals surface area contributed by atoms with Gasteiger partial charge in [0.05, 0.1) is 20.3 Å². The summed E-state index contributed by atoms with van der Waals surface area (Å²) < 4.78 is 10.7. The van der Waals surface area contributed by atoms with Crippen molar-refractivity contribution in [2.75, 3.05) is 20.3 Å². The number of carbonyl (C=O) groups is 2. The molecule has 0 fully saturated rings. The Balaban J connectivity index is 1.69. The third kappa shape index (κ3) is 8.15. The molecule has 0 aliphatic heterocycles. The first kappa shape index (κ1) is 23.3. The number of hydrogen-bond donors (Lipinski definition) is 2. The molecule has 1 atom stereocenters. The standard InChI is InChI=1S/C24H32N2O4/c1-4-5-16-30-22-14-10-20(11-15-22)24(28)25-17-23(27)26-18(2)6-7-19-8-12-21(29-3)13-9-19/h8-15,18H,4-7,16-17H2,1-3H3,(H,25,28)(H,26,27). The Kier molecular flexibility index (Phi) is 9.71. The number of ether oxygens (including phenoxy) is 2. The van der Waals surface area contributed by atoms with Crippen molar-refractivity contribution in [2.24, 2.45) is 0 Å². The quantitative estimate of drug-likeness (QED) is 0.521. The lowest BCUT2D eigenvalue weighted by molar-refractivity contribution is -0.120. The van der Waals surface area contributed by atoms with Gasteiger partial charge in [0.2, 0.25) is 5.91 Å². The van der Waals surface area contributed by atoms with Crippen LogP contribution in [0, 0.1) is 0 Å². The van der Waals surface area contributed by atoms with E-state index in [1.165, 1.54) is 5.56 Å². The maximum atomic E-state index is 12.2. The van der Waals surface area contributed by atoms with Crippen molar-refractivity contribution >= 4 is 11.8 Å². The van der Waals surface area contributed by atoms with Crippen molar-refractivity contribution < 1.29 is 19.1 Å². The number of aryl methyl sites for hydroxylation is 1. The summed E-state index contributed by atoms with van der Waals surface area (Å²) in [5.41, 5.74) is 1.69. The number of methoxy groups -OCH3 is 1. The number of benzene rings is 2. The fourth-order valence-electron chi connectivity index (χ4n) is 2.87. The van der Waals surface area contributed by atoms with E-state index in [0.29, 0.717) is 12.2 Å². The summed E-state index contributed by atoms with van der Waals surface area (Å²) in [7, 11) is 1.64. The molecule has 0 radical (unpaired) electrons. The van der Waals surface area contributed by atoms with Gasteiger partial charge in [-0.15, -0.1) is 0 Å². The Labute approximate surface area is 179 Å². The molecule has 0 spiro atoms. The molecular formula is C24H32N2O4. The number of amides is 2. The molecule has 30 heavy (non-hydrogen) atoms. The lowest BCUT2D eigenvalue weighted by atomic mass is 10.1. The van der Waals surface area contributed by atoms with Crippen LogP contribution in [0.25, 0.3) is 0 Å². The second-order valence-electron chi connectivity index (χ2n) is 7.26. The molecule has 6 nitrogen and oxygen atoms in total. The third-order valence-electron chi connectivity index (χ3n) is 4.73. The predicted octanol–water partition coefficient (Wildman–Crippen LogP) is 3.74. The number of unbranched alkanes of at least 4 members (excludes halogenated alkanes) is 1. The van der Waals surface area contributed by atoms with Crippen molar-refractivity contribution in [2.45, 2.75) is 45.6 Å². The Morgan fingerprint density at radius 3 is 2.30 bits per heavy atom. The van der Waals surface area contributed by atoms with E-state index >= 15 is 0 Å². The Bertz CT molecular complexity index is 788. The van der Waals surface area contributed by atoms with Gasteiger partial charge >= 0.3 is 0 Å². The molecule has 0 heterocycles. The van der Waals surface area contributed by atoms with Crippen LogP contribution in [0.1, 0.15) is 49.0 Å². The minimum absolute atomic E-state index is 0.0102. The molecule has 0 aliphatic carbocycles. The van der Waals surface area contributed by atoms with E-state index in [9.17, 15) is 9.59 Å². The number of carbonyl (C=O) groups excluding carboxylic acids is 2. The Morgan fingerprint density at radius 1 is 1.00 bits per heavy atom. The van der Waals surface area contributed by atoms with Gasteiger partial charge in [0.15, 0.2) is 0 Å². The van der Waals surface area contributed by atoms with Gasteiger partial charge in [-0.25, -0.2) is 0 Å². The summed E-state index contributed by atoms with van der Waals surface area (Å²) in [6, 6.07) is 14.9. The van der Waals surface area contributed by atoms with Crippen molar-refractivity contribution in [1.82, 2.24) is 10.6 Å². The van der Waals surface area contributed by atoms with Crippen molar-refractivity contribution in [3.05, 3.63) is 59.7 Å². The highest BCUT2D eigenvalue weighted by Gasteiger charge is 2.11. The smallest absolute Gasteiger partial charge is 0.251 e. The predicted molar refractivity (Wildman–Crippen MR) is 118 cm³/mol. The normalized spacial score (nSPS) is 11.4. The highest BCUT2D eigenvalue weighted by molar-refractivity contribution is 5.96. The van der Waals surface area contributed by atoms with Gasteiger partial charge in [0.25, 0.3) is 5.91 Å². The van der Waals surface area contributed by atoms with Crippen LogP contribution in [0.4, 0.5) is 0 Å². The Hall–Kier alpha value is -3.02. The first-order chi connectivity index (χ1) is 14.5. The molecule has 2 amide bonds. The van der Waals surface area contributed by atoms with E-state index in [-0.39, 0.29) is 24.4 Å². The van der Waals surface area contributed by atoms with E-state index in [1.807, 2.05) is 31.2 Å². The SMILES string of the molecule is CCCCOc1ccc(C(=O)NCC(=O)NC(C)CCc2ccc(OC)cc2)cc1.